The predicted molar refractivity (Wildman–Crippen MR) is 115 cm³/mol. The molecule has 2 rings (SSSR count). The number of anilines is 1. The van der Waals surface area contributed by atoms with E-state index < -0.39 is 0 Å². The molecule has 0 fully saturated rings. The number of amides is 3. The molecule has 0 aromatic heterocycles. The molecule has 6 nitrogen and oxygen atoms in total. The molecule has 0 bridgehead atoms. The molecule has 0 saturated heterocycles. The Morgan fingerprint density at radius 1 is 0.828 bits per heavy atom. The summed E-state index contributed by atoms with van der Waals surface area (Å²) in [6.07, 6.45) is 0.710. The summed E-state index contributed by atoms with van der Waals surface area (Å²) >= 11 is 0. The van der Waals surface area contributed by atoms with Gasteiger partial charge in [-0.1, -0.05) is 51.1 Å². The first kappa shape index (κ1) is 22.1. The van der Waals surface area contributed by atoms with Gasteiger partial charge in [0, 0.05) is 30.3 Å². The van der Waals surface area contributed by atoms with Crippen LogP contribution in [0.4, 0.5) is 5.69 Å². The topological polar surface area (TPSA) is 87.3 Å². The van der Waals surface area contributed by atoms with E-state index in [0.29, 0.717) is 30.8 Å². The van der Waals surface area contributed by atoms with Crippen LogP contribution in [0.2, 0.25) is 0 Å². The van der Waals surface area contributed by atoms with Crippen molar-refractivity contribution in [1.82, 2.24) is 10.6 Å². The molecule has 2 aromatic rings. The van der Waals surface area contributed by atoms with Crippen LogP contribution in [0.1, 0.15) is 49.0 Å². The largest absolute Gasteiger partial charge is 0.354 e. The van der Waals surface area contributed by atoms with E-state index in [9.17, 15) is 14.4 Å². The molecule has 3 N–H and O–H groups in total. The van der Waals surface area contributed by atoms with Gasteiger partial charge in [-0.3, -0.25) is 14.4 Å². The number of nitrogens with one attached hydrogen (secondary N) is 3. The first-order valence-electron chi connectivity index (χ1n) is 9.94. The maximum Gasteiger partial charge on any atom is 0.251 e. The maximum absolute atomic E-state index is 12.4. The number of hydrogen-bond donors (Lipinski definition) is 3. The Hall–Kier alpha value is -3.15. The number of carbonyl (C=O) groups is 3. The summed E-state index contributed by atoms with van der Waals surface area (Å²) in [7, 11) is 0. The highest BCUT2D eigenvalue weighted by Crippen LogP contribution is 2.19. The second-order valence-electron chi connectivity index (χ2n) is 7.14. The SMILES string of the molecule is CC[C@H](C(=O)NCCNC(=O)c1ccc(NC(=O)C(C)C)cc1)c1ccccc1. The predicted octanol–water partition coefficient (Wildman–Crippen LogP) is 3.32. The van der Waals surface area contributed by atoms with Crippen molar-refractivity contribution in [2.45, 2.75) is 33.1 Å². The van der Waals surface area contributed by atoms with E-state index in [4.69, 9.17) is 0 Å². The molecule has 0 spiro atoms. The summed E-state index contributed by atoms with van der Waals surface area (Å²) in [6.45, 7) is 6.31. The molecule has 0 heterocycles. The Morgan fingerprint density at radius 2 is 1.45 bits per heavy atom. The van der Waals surface area contributed by atoms with Crippen molar-refractivity contribution < 1.29 is 14.4 Å². The third-order valence-corrected chi connectivity index (χ3v) is 4.58. The minimum atomic E-state index is -0.226. The lowest BCUT2D eigenvalue weighted by Crippen LogP contribution is -2.36. The van der Waals surface area contributed by atoms with Crippen molar-refractivity contribution in [2.24, 2.45) is 5.92 Å². The first-order chi connectivity index (χ1) is 13.9. The van der Waals surface area contributed by atoms with Crippen LogP contribution >= 0.6 is 0 Å². The minimum Gasteiger partial charge on any atom is -0.354 e. The molecule has 0 radical (unpaired) electrons. The lowest BCUT2D eigenvalue weighted by Gasteiger charge is -2.15. The highest BCUT2D eigenvalue weighted by Gasteiger charge is 2.17. The quantitative estimate of drug-likeness (QED) is 0.569. The van der Waals surface area contributed by atoms with Crippen LogP contribution in [0.5, 0.6) is 0 Å². The molecular weight excluding hydrogens is 366 g/mol. The van der Waals surface area contributed by atoms with Crippen molar-refractivity contribution in [1.29, 1.82) is 0 Å². The first-order valence-corrected chi connectivity index (χ1v) is 9.94. The zero-order valence-corrected chi connectivity index (χ0v) is 17.2. The van der Waals surface area contributed by atoms with Crippen molar-refractivity contribution in [3.8, 4) is 0 Å². The van der Waals surface area contributed by atoms with Gasteiger partial charge in [-0.15, -0.1) is 0 Å². The van der Waals surface area contributed by atoms with Gasteiger partial charge in [0.05, 0.1) is 5.92 Å². The second-order valence-corrected chi connectivity index (χ2v) is 7.14. The highest BCUT2D eigenvalue weighted by atomic mass is 16.2. The molecule has 0 aliphatic carbocycles. The molecule has 0 unspecified atom stereocenters. The lowest BCUT2D eigenvalue weighted by atomic mass is 9.96. The fraction of sp³-hybridized carbons (Fsp3) is 0.348. The Morgan fingerprint density at radius 3 is 2.03 bits per heavy atom. The number of hydrogen-bond acceptors (Lipinski definition) is 3. The number of carbonyl (C=O) groups excluding carboxylic acids is 3. The molecule has 3 amide bonds. The van der Waals surface area contributed by atoms with Gasteiger partial charge in [0.1, 0.15) is 0 Å². The van der Waals surface area contributed by atoms with Gasteiger partial charge in [0.15, 0.2) is 0 Å². The average Bonchev–Trinajstić information content (AvgIpc) is 2.73. The molecule has 0 aliphatic rings. The van der Waals surface area contributed by atoms with E-state index in [1.54, 1.807) is 24.3 Å². The van der Waals surface area contributed by atoms with Crippen LogP contribution in [0.15, 0.2) is 54.6 Å². The van der Waals surface area contributed by atoms with E-state index in [1.807, 2.05) is 51.1 Å². The summed E-state index contributed by atoms with van der Waals surface area (Å²) < 4.78 is 0. The van der Waals surface area contributed by atoms with Crippen molar-refractivity contribution in [3.05, 3.63) is 65.7 Å². The van der Waals surface area contributed by atoms with Crippen LogP contribution in [-0.2, 0) is 9.59 Å². The zero-order chi connectivity index (χ0) is 21.2. The summed E-state index contributed by atoms with van der Waals surface area (Å²) in [5, 5.41) is 8.45. The average molecular weight is 396 g/mol. The normalized spacial score (nSPS) is 11.6. The highest BCUT2D eigenvalue weighted by molar-refractivity contribution is 5.96. The van der Waals surface area contributed by atoms with Crippen molar-refractivity contribution >= 4 is 23.4 Å². The molecule has 154 valence electrons. The maximum atomic E-state index is 12.4. The Bertz CT molecular complexity index is 817. The molecule has 0 saturated carbocycles. The smallest absolute Gasteiger partial charge is 0.251 e. The molecule has 6 heteroatoms. The molecule has 2 aromatic carbocycles. The van der Waals surface area contributed by atoms with E-state index in [-0.39, 0.29) is 29.6 Å². The van der Waals surface area contributed by atoms with Gasteiger partial charge in [0.2, 0.25) is 11.8 Å². The van der Waals surface area contributed by atoms with Gasteiger partial charge in [-0.2, -0.15) is 0 Å². The second kappa shape index (κ2) is 11.0. The van der Waals surface area contributed by atoms with Crippen molar-refractivity contribution in [3.63, 3.8) is 0 Å². The fourth-order valence-electron chi connectivity index (χ4n) is 2.84. The fourth-order valence-corrected chi connectivity index (χ4v) is 2.84. The molecule has 1 atom stereocenters. The molecular formula is C23H29N3O3. The van der Waals surface area contributed by atoms with E-state index in [0.717, 1.165) is 5.56 Å². The van der Waals surface area contributed by atoms with Crippen LogP contribution in [0.25, 0.3) is 0 Å². The van der Waals surface area contributed by atoms with Gasteiger partial charge < -0.3 is 16.0 Å². The summed E-state index contributed by atoms with van der Waals surface area (Å²) in [4.78, 5) is 36.3. The van der Waals surface area contributed by atoms with E-state index in [2.05, 4.69) is 16.0 Å². The minimum absolute atomic E-state index is 0.0433. The van der Waals surface area contributed by atoms with E-state index >= 15 is 0 Å². The Balaban J connectivity index is 1.78. The zero-order valence-electron chi connectivity index (χ0n) is 17.2. The number of benzene rings is 2. The van der Waals surface area contributed by atoms with Crippen LogP contribution in [0, 0.1) is 5.92 Å². The standard InChI is InChI=1S/C23H29N3O3/c1-4-20(17-8-6-5-7-9-17)23(29)25-15-14-24-22(28)18-10-12-19(13-11-18)26-21(27)16(2)3/h5-13,16,20H,4,14-15H2,1-3H3,(H,24,28)(H,25,29)(H,26,27)/t20-/m0/s1. The van der Waals surface area contributed by atoms with Gasteiger partial charge in [-0.25, -0.2) is 0 Å². The van der Waals surface area contributed by atoms with Crippen LogP contribution in [-0.4, -0.2) is 30.8 Å². The van der Waals surface area contributed by atoms with Gasteiger partial charge in [0.25, 0.3) is 5.91 Å². The summed E-state index contributed by atoms with van der Waals surface area (Å²) in [5.41, 5.74) is 2.13. The molecule has 0 aliphatic heterocycles. The lowest BCUT2D eigenvalue weighted by molar-refractivity contribution is -0.122. The summed E-state index contributed by atoms with van der Waals surface area (Å²) in [6, 6.07) is 16.4. The Labute approximate surface area is 172 Å². The number of rotatable bonds is 9. The van der Waals surface area contributed by atoms with Crippen molar-refractivity contribution in [2.75, 3.05) is 18.4 Å². The third-order valence-electron chi connectivity index (χ3n) is 4.58. The molecule has 29 heavy (non-hydrogen) atoms. The van der Waals surface area contributed by atoms with Gasteiger partial charge in [-0.05, 0) is 36.2 Å². The Kier molecular flexibility index (Phi) is 8.40. The van der Waals surface area contributed by atoms with Crippen LogP contribution in [0.3, 0.4) is 0 Å². The summed E-state index contributed by atoms with van der Waals surface area (Å²) in [5.74, 6) is -0.643. The third kappa shape index (κ3) is 6.75. The van der Waals surface area contributed by atoms with Crippen LogP contribution < -0.4 is 16.0 Å². The van der Waals surface area contributed by atoms with Gasteiger partial charge >= 0.3 is 0 Å². The monoisotopic (exact) mass is 395 g/mol. The van der Waals surface area contributed by atoms with E-state index in [1.165, 1.54) is 0 Å².